The fourth-order valence-corrected chi connectivity index (χ4v) is 2.92. The number of phenolic OH excluding ortho intramolecular Hbond substituents is 1. The van der Waals surface area contributed by atoms with Crippen LogP contribution >= 0.6 is 23.2 Å². The maximum absolute atomic E-state index is 12.4. The normalized spacial score (nSPS) is 14.4. The van der Waals surface area contributed by atoms with Gasteiger partial charge in [-0.15, -0.1) is 0 Å². The molecule has 1 aromatic heterocycles. The van der Waals surface area contributed by atoms with Gasteiger partial charge in [0.05, 0.1) is 10.6 Å². The monoisotopic (exact) mass is 298 g/mol. The van der Waals surface area contributed by atoms with Crippen molar-refractivity contribution in [2.45, 2.75) is 25.9 Å². The minimum atomic E-state index is -0.119. The van der Waals surface area contributed by atoms with Crippen LogP contribution in [0.2, 0.25) is 10.2 Å². The predicted molar refractivity (Wildman–Crippen MR) is 75.0 cm³/mol. The van der Waals surface area contributed by atoms with E-state index in [1.54, 1.807) is 21.5 Å². The van der Waals surface area contributed by atoms with E-state index >= 15 is 0 Å². The molecule has 4 nitrogen and oxygen atoms in total. The molecule has 1 N–H and O–H groups in total. The standard InChI is InChI=1S/C13H12Cl2N2O2/c14-9-4-3-8(7-10(9)18)11-12(15)16-5-1-2-6-17(16)13(11)19/h3-4,7,18H,1-2,5-6H2. The highest BCUT2D eigenvalue weighted by Crippen LogP contribution is 2.32. The van der Waals surface area contributed by atoms with E-state index in [9.17, 15) is 9.90 Å². The molecule has 0 bridgehead atoms. The van der Waals surface area contributed by atoms with E-state index < -0.39 is 0 Å². The minimum Gasteiger partial charge on any atom is -0.506 e. The molecular weight excluding hydrogens is 287 g/mol. The zero-order valence-corrected chi connectivity index (χ0v) is 11.6. The number of nitrogens with zero attached hydrogens (tertiary/aromatic N) is 2. The lowest BCUT2D eigenvalue weighted by atomic mass is 10.1. The molecule has 0 amide bonds. The fraction of sp³-hybridized carbons (Fsp3) is 0.308. The van der Waals surface area contributed by atoms with Crippen LogP contribution in [0.15, 0.2) is 23.0 Å². The van der Waals surface area contributed by atoms with E-state index in [0.717, 1.165) is 19.4 Å². The molecular formula is C13H12Cl2N2O2. The topological polar surface area (TPSA) is 47.2 Å². The fourth-order valence-electron chi connectivity index (χ4n) is 2.44. The van der Waals surface area contributed by atoms with E-state index in [1.165, 1.54) is 6.07 Å². The summed E-state index contributed by atoms with van der Waals surface area (Å²) >= 11 is 12.1. The third kappa shape index (κ3) is 1.95. The second-order valence-corrected chi connectivity index (χ2v) is 5.36. The molecule has 0 spiro atoms. The Morgan fingerprint density at radius 3 is 2.42 bits per heavy atom. The first-order valence-corrected chi connectivity index (χ1v) is 6.83. The number of fused-ring (bicyclic) bond motifs is 1. The summed E-state index contributed by atoms with van der Waals surface area (Å²) in [6, 6.07) is 4.72. The molecule has 0 aliphatic carbocycles. The van der Waals surface area contributed by atoms with Crippen LogP contribution in [0.4, 0.5) is 0 Å². The summed E-state index contributed by atoms with van der Waals surface area (Å²) in [6.45, 7) is 1.42. The lowest BCUT2D eigenvalue weighted by Crippen LogP contribution is -2.27. The van der Waals surface area contributed by atoms with Gasteiger partial charge in [-0.2, -0.15) is 0 Å². The highest BCUT2D eigenvalue weighted by atomic mass is 35.5. The Morgan fingerprint density at radius 1 is 1.11 bits per heavy atom. The molecule has 100 valence electrons. The molecule has 0 saturated carbocycles. The average molecular weight is 299 g/mol. The van der Waals surface area contributed by atoms with Crippen LogP contribution < -0.4 is 5.56 Å². The van der Waals surface area contributed by atoms with Crippen LogP contribution in [0.1, 0.15) is 12.8 Å². The molecule has 0 radical (unpaired) electrons. The van der Waals surface area contributed by atoms with E-state index in [0.29, 0.717) is 22.8 Å². The van der Waals surface area contributed by atoms with Crippen molar-refractivity contribution in [1.82, 2.24) is 9.36 Å². The van der Waals surface area contributed by atoms with Crippen molar-refractivity contribution in [3.05, 3.63) is 38.7 Å². The molecule has 1 aliphatic heterocycles. The number of hydrogen-bond donors (Lipinski definition) is 1. The van der Waals surface area contributed by atoms with E-state index in [4.69, 9.17) is 23.2 Å². The second kappa shape index (κ2) is 4.62. The zero-order chi connectivity index (χ0) is 13.6. The Bertz CT molecular complexity index is 703. The molecule has 2 heterocycles. The summed E-state index contributed by atoms with van der Waals surface area (Å²) in [6.07, 6.45) is 1.99. The van der Waals surface area contributed by atoms with E-state index in [-0.39, 0.29) is 16.3 Å². The molecule has 3 rings (SSSR count). The zero-order valence-electron chi connectivity index (χ0n) is 10.1. The van der Waals surface area contributed by atoms with E-state index in [1.807, 2.05) is 0 Å². The maximum Gasteiger partial charge on any atom is 0.276 e. The van der Waals surface area contributed by atoms with Gasteiger partial charge in [0.2, 0.25) is 0 Å². The van der Waals surface area contributed by atoms with Crippen LogP contribution in [0.25, 0.3) is 11.1 Å². The predicted octanol–water partition coefficient (Wildman–Crippen LogP) is 3.12. The molecule has 2 aromatic rings. The maximum atomic E-state index is 12.4. The summed E-state index contributed by atoms with van der Waals surface area (Å²) in [5.74, 6) is -0.0520. The van der Waals surface area contributed by atoms with Gasteiger partial charge in [0.1, 0.15) is 10.9 Å². The van der Waals surface area contributed by atoms with Gasteiger partial charge in [0, 0.05) is 13.1 Å². The van der Waals surface area contributed by atoms with Gasteiger partial charge in [0.15, 0.2) is 0 Å². The Kier molecular flexibility index (Phi) is 3.07. The molecule has 0 saturated heterocycles. The average Bonchev–Trinajstić information content (AvgIpc) is 2.66. The van der Waals surface area contributed by atoms with Gasteiger partial charge in [-0.3, -0.25) is 9.48 Å². The number of rotatable bonds is 1. The van der Waals surface area contributed by atoms with E-state index in [2.05, 4.69) is 0 Å². The van der Waals surface area contributed by atoms with Gasteiger partial charge in [0.25, 0.3) is 5.56 Å². The molecule has 1 aliphatic rings. The SMILES string of the molecule is O=c1c(-c2ccc(Cl)c(O)c2)c(Cl)n2n1CCCC2. The number of hydrogen-bond acceptors (Lipinski definition) is 2. The molecule has 0 fully saturated rings. The Morgan fingerprint density at radius 2 is 1.79 bits per heavy atom. The minimum absolute atomic E-state index is 0.0520. The van der Waals surface area contributed by atoms with Crippen LogP contribution in [0, 0.1) is 0 Å². The van der Waals surface area contributed by atoms with Crippen molar-refractivity contribution in [1.29, 1.82) is 0 Å². The summed E-state index contributed by atoms with van der Waals surface area (Å²) in [5.41, 5.74) is 0.897. The summed E-state index contributed by atoms with van der Waals surface area (Å²) < 4.78 is 3.46. The largest absolute Gasteiger partial charge is 0.506 e. The first-order valence-electron chi connectivity index (χ1n) is 6.07. The van der Waals surface area contributed by atoms with Crippen molar-refractivity contribution in [3.8, 4) is 16.9 Å². The molecule has 1 aromatic carbocycles. The first kappa shape index (κ1) is 12.6. The van der Waals surface area contributed by atoms with Crippen LogP contribution in [0.5, 0.6) is 5.75 Å². The molecule has 0 unspecified atom stereocenters. The Labute approximate surface area is 119 Å². The van der Waals surface area contributed by atoms with Crippen molar-refractivity contribution in [2.24, 2.45) is 0 Å². The van der Waals surface area contributed by atoms with Crippen molar-refractivity contribution < 1.29 is 5.11 Å². The quantitative estimate of drug-likeness (QED) is 0.879. The van der Waals surface area contributed by atoms with Gasteiger partial charge in [-0.1, -0.05) is 29.3 Å². The number of aromatic nitrogens is 2. The molecule has 6 heteroatoms. The highest BCUT2D eigenvalue weighted by Gasteiger charge is 2.22. The van der Waals surface area contributed by atoms with Gasteiger partial charge in [-0.25, -0.2) is 4.68 Å². The van der Waals surface area contributed by atoms with Gasteiger partial charge < -0.3 is 5.11 Å². The van der Waals surface area contributed by atoms with Crippen molar-refractivity contribution in [3.63, 3.8) is 0 Å². The van der Waals surface area contributed by atoms with Crippen LogP contribution in [0.3, 0.4) is 0 Å². The van der Waals surface area contributed by atoms with Crippen LogP contribution in [-0.4, -0.2) is 14.5 Å². The smallest absolute Gasteiger partial charge is 0.276 e. The molecule has 0 atom stereocenters. The summed E-state index contributed by atoms with van der Waals surface area (Å²) in [4.78, 5) is 12.4. The lowest BCUT2D eigenvalue weighted by molar-refractivity contribution is 0.356. The van der Waals surface area contributed by atoms with Crippen LogP contribution in [-0.2, 0) is 13.1 Å². The second-order valence-electron chi connectivity index (χ2n) is 4.59. The first-order chi connectivity index (χ1) is 9.09. The lowest BCUT2D eigenvalue weighted by Gasteiger charge is -2.17. The van der Waals surface area contributed by atoms with Gasteiger partial charge >= 0.3 is 0 Å². The summed E-state index contributed by atoms with van der Waals surface area (Å²) in [5, 5.41) is 10.3. The third-order valence-corrected chi connectivity index (χ3v) is 4.10. The van der Waals surface area contributed by atoms with Gasteiger partial charge in [-0.05, 0) is 30.5 Å². The Hall–Kier alpha value is -1.39. The summed E-state index contributed by atoms with van der Waals surface area (Å²) in [7, 11) is 0. The highest BCUT2D eigenvalue weighted by molar-refractivity contribution is 6.33. The third-order valence-electron chi connectivity index (χ3n) is 3.40. The number of benzene rings is 1. The molecule has 19 heavy (non-hydrogen) atoms. The Balaban J connectivity index is 2.23. The number of aromatic hydroxyl groups is 1. The number of halogens is 2. The van der Waals surface area contributed by atoms with Crippen molar-refractivity contribution in [2.75, 3.05) is 0 Å². The number of phenols is 1. The van der Waals surface area contributed by atoms with Crippen molar-refractivity contribution >= 4 is 23.2 Å².